The summed E-state index contributed by atoms with van der Waals surface area (Å²) in [6.45, 7) is 2.99. The van der Waals surface area contributed by atoms with Crippen LogP contribution in [-0.2, 0) is 0 Å². The molecular formula is C14H27N3O. The largest absolute Gasteiger partial charge is 0.331 e. The summed E-state index contributed by atoms with van der Waals surface area (Å²) in [5, 5.41) is 3.70. The van der Waals surface area contributed by atoms with Crippen molar-refractivity contribution in [2.45, 2.75) is 44.6 Å². The van der Waals surface area contributed by atoms with Gasteiger partial charge in [-0.3, -0.25) is 0 Å². The molecule has 1 aliphatic heterocycles. The molecule has 18 heavy (non-hydrogen) atoms. The Morgan fingerprint density at radius 3 is 2.33 bits per heavy atom. The normalized spacial score (nSPS) is 22.4. The maximum Gasteiger partial charge on any atom is 0.319 e. The highest BCUT2D eigenvalue weighted by Crippen LogP contribution is 2.24. The van der Waals surface area contributed by atoms with Crippen molar-refractivity contribution in [2.24, 2.45) is 5.92 Å². The van der Waals surface area contributed by atoms with Gasteiger partial charge in [0.2, 0.25) is 0 Å². The lowest BCUT2D eigenvalue weighted by Gasteiger charge is -2.34. The van der Waals surface area contributed by atoms with Gasteiger partial charge in [0.05, 0.1) is 0 Å². The van der Waals surface area contributed by atoms with Crippen LogP contribution in [0.5, 0.6) is 0 Å². The zero-order valence-corrected chi connectivity index (χ0v) is 11.8. The number of urea groups is 1. The van der Waals surface area contributed by atoms with E-state index in [9.17, 15) is 4.79 Å². The molecule has 1 saturated heterocycles. The summed E-state index contributed by atoms with van der Waals surface area (Å²) in [6, 6.07) is 0.779. The minimum Gasteiger partial charge on any atom is -0.331 e. The summed E-state index contributed by atoms with van der Waals surface area (Å²) in [6.07, 6.45) is 7.86. The van der Waals surface area contributed by atoms with Crippen molar-refractivity contribution in [1.29, 1.82) is 0 Å². The third kappa shape index (κ3) is 3.61. The fourth-order valence-corrected chi connectivity index (χ4v) is 3.11. The zero-order valence-electron chi connectivity index (χ0n) is 11.8. The number of piperidine rings is 1. The van der Waals surface area contributed by atoms with E-state index >= 15 is 0 Å². The highest BCUT2D eigenvalue weighted by molar-refractivity contribution is 5.73. The Bertz CT molecular complexity index is 266. The van der Waals surface area contributed by atoms with Crippen molar-refractivity contribution in [3.63, 3.8) is 0 Å². The number of nitrogens with zero attached hydrogens (tertiary/aromatic N) is 2. The number of nitrogens with one attached hydrogen (secondary N) is 1. The third-order valence-electron chi connectivity index (χ3n) is 4.32. The van der Waals surface area contributed by atoms with E-state index < -0.39 is 0 Å². The van der Waals surface area contributed by atoms with E-state index in [1.807, 2.05) is 19.0 Å². The first-order valence-electron chi connectivity index (χ1n) is 7.36. The Labute approximate surface area is 111 Å². The van der Waals surface area contributed by atoms with Crippen molar-refractivity contribution >= 4 is 6.03 Å². The summed E-state index contributed by atoms with van der Waals surface area (Å²) in [4.78, 5) is 15.4. The Balaban J connectivity index is 1.65. The summed E-state index contributed by atoms with van der Waals surface area (Å²) in [5.41, 5.74) is 0. The van der Waals surface area contributed by atoms with Crippen molar-refractivity contribution in [3.05, 3.63) is 0 Å². The molecule has 0 bridgehead atoms. The third-order valence-corrected chi connectivity index (χ3v) is 4.32. The standard InChI is InChI=1S/C14H27N3O/c1-16(2)14(18)17-9-7-13(8-10-17)15-11-12-5-3-4-6-12/h12-13,15H,3-11H2,1-2H3. The van der Waals surface area contributed by atoms with Gasteiger partial charge in [-0.15, -0.1) is 0 Å². The van der Waals surface area contributed by atoms with Crippen LogP contribution in [0.3, 0.4) is 0 Å². The van der Waals surface area contributed by atoms with Gasteiger partial charge in [0.15, 0.2) is 0 Å². The van der Waals surface area contributed by atoms with Gasteiger partial charge in [-0.25, -0.2) is 4.79 Å². The van der Waals surface area contributed by atoms with Crippen LogP contribution >= 0.6 is 0 Å². The number of likely N-dealkylation sites (tertiary alicyclic amines) is 1. The van der Waals surface area contributed by atoms with E-state index in [0.29, 0.717) is 6.04 Å². The molecule has 0 aromatic carbocycles. The fourth-order valence-electron chi connectivity index (χ4n) is 3.11. The minimum atomic E-state index is 0.157. The molecule has 2 fully saturated rings. The molecule has 0 spiro atoms. The molecule has 0 atom stereocenters. The lowest BCUT2D eigenvalue weighted by Crippen LogP contribution is -2.48. The monoisotopic (exact) mass is 253 g/mol. The molecule has 1 aliphatic carbocycles. The van der Waals surface area contributed by atoms with Gasteiger partial charge in [-0.1, -0.05) is 12.8 Å². The molecule has 4 nitrogen and oxygen atoms in total. The zero-order chi connectivity index (χ0) is 13.0. The van der Waals surface area contributed by atoms with Crippen LogP contribution in [0.25, 0.3) is 0 Å². The first-order chi connectivity index (χ1) is 8.66. The highest BCUT2D eigenvalue weighted by Gasteiger charge is 2.24. The highest BCUT2D eigenvalue weighted by atomic mass is 16.2. The van der Waals surface area contributed by atoms with Crippen LogP contribution in [0.4, 0.5) is 4.79 Å². The number of amides is 2. The number of hydrogen-bond acceptors (Lipinski definition) is 2. The first kappa shape index (κ1) is 13.7. The summed E-state index contributed by atoms with van der Waals surface area (Å²) in [5.74, 6) is 0.909. The van der Waals surface area contributed by atoms with Crippen molar-refractivity contribution < 1.29 is 4.79 Å². The Morgan fingerprint density at radius 2 is 1.78 bits per heavy atom. The molecule has 1 saturated carbocycles. The molecule has 0 aromatic heterocycles. The molecule has 4 heteroatoms. The van der Waals surface area contributed by atoms with Gasteiger partial charge in [0.25, 0.3) is 0 Å². The van der Waals surface area contributed by atoms with E-state index in [2.05, 4.69) is 5.32 Å². The number of rotatable bonds is 3. The second-order valence-electron chi connectivity index (χ2n) is 6.00. The summed E-state index contributed by atoms with van der Waals surface area (Å²) in [7, 11) is 3.65. The molecule has 2 aliphatic rings. The second kappa shape index (κ2) is 6.41. The number of hydrogen-bond donors (Lipinski definition) is 1. The van der Waals surface area contributed by atoms with Crippen molar-refractivity contribution in [3.8, 4) is 0 Å². The second-order valence-corrected chi connectivity index (χ2v) is 6.00. The van der Waals surface area contributed by atoms with E-state index in [1.165, 1.54) is 32.2 Å². The van der Waals surface area contributed by atoms with Gasteiger partial charge < -0.3 is 15.1 Å². The molecule has 1 heterocycles. The molecule has 2 amide bonds. The average Bonchev–Trinajstić information content (AvgIpc) is 2.89. The minimum absolute atomic E-state index is 0.157. The first-order valence-corrected chi connectivity index (χ1v) is 7.36. The molecule has 0 aromatic rings. The molecule has 2 rings (SSSR count). The smallest absolute Gasteiger partial charge is 0.319 e. The SMILES string of the molecule is CN(C)C(=O)N1CCC(NCC2CCCC2)CC1. The Kier molecular flexibility index (Phi) is 4.87. The van der Waals surface area contributed by atoms with Crippen LogP contribution in [0.1, 0.15) is 38.5 Å². The van der Waals surface area contributed by atoms with Gasteiger partial charge in [-0.05, 0) is 38.1 Å². The topological polar surface area (TPSA) is 35.6 Å². The molecular weight excluding hydrogens is 226 g/mol. The number of carbonyl (C=O) groups is 1. The fraction of sp³-hybridized carbons (Fsp3) is 0.929. The lowest BCUT2D eigenvalue weighted by molar-refractivity contribution is 0.152. The maximum absolute atomic E-state index is 11.8. The van der Waals surface area contributed by atoms with Crippen LogP contribution in [0.15, 0.2) is 0 Å². The Hall–Kier alpha value is -0.770. The van der Waals surface area contributed by atoms with Gasteiger partial charge in [0.1, 0.15) is 0 Å². The average molecular weight is 253 g/mol. The van der Waals surface area contributed by atoms with E-state index in [1.54, 1.807) is 4.90 Å². The van der Waals surface area contributed by atoms with Crippen LogP contribution in [0, 0.1) is 5.92 Å². The van der Waals surface area contributed by atoms with Crippen LogP contribution < -0.4 is 5.32 Å². The Morgan fingerprint density at radius 1 is 1.17 bits per heavy atom. The van der Waals surface area contributed by atoms with Crippen molar-refractivity contribution in [1.82, 2.24) is 15.1 Å². The molecule has 1 N–H and O–H groups in total. The number of carbonyl (C=O) groups excluding carboxylic acids is 1. The summed E-state index contributed by atoms with van der Waals surface area (Å²) < 4.78 is 0. The van der Waals surface area contributed by atoms with E-state index in [0.717, 1.165) is 31.8 Å². The van der Waals surface area contributed by atoms with E-state index in [4.69, 9.17) is 0 Å². The van der Waals surface area contributed by atoms with Crippen LogP contribution in [0.2, 0.25) is 0 Å². The molecule has 104 valence electrons. The van der Waals surface area contributed by atoms with Gasteiger partial charge in [0, 0.05) is 33.2 Å². The van der Waals surface area contributed by atoms with Gasteiger partial charge in [-0.2, -0.15) is 0 Å². The molecule has 0 radical (unpaired) electrons. The predicted molar refractivity (Wildman–Crippen MR) is 73.6 cm³/mol. The molecule has 0 unspecified atom stereocenters. The van der Waals surface area contributed by atoms with Crippen LogP contribution in [-0.4, -0.2) is 55.6 Å². The van der Waals surface area contributed by atoms with E-state index in [-0.39, 0.29) is 6.03 Å². The maximum atomic E-state index is 11.8. The van der Waals surface area contributed by atoms with Gasteiger partial charge >= 0.3 is 6.03 Å². The quantitative estimate of drug-likeness (QED) is 0.834. The van der Waals surface area contributed by atoms with Crippen molar-refractivity contribution in [2.75, 3.05) is 33.7 Å². The predicted octanol–water partition coefficient (Wildman–Crippen LogP) is 1.91. The lowest BCUT2D eigenvalue weighted by atomic mass is 10.0. The summed E-state index contributed by atoms with van der Waals surface area (Å²) >= 11 is 0.